The summed E-state index contributed by atoms with van der Waals surface area (Å²) in [6, 6.07) is -0.374. The van der Waals surface area contributed by atoms with Crippen LogP contribution in [0, 0.1) is 5.92 Å². The van der Waals surface area contributed by atoms with Gasteiger partial charge in [0.1, 0.15) is 5.60 Å². The van der Waals surface area contributed by atoms with E-state index < -0.39 is 29.9 Å². The first-order valence-corrected chi connectivity index (χ1v) is 9.15. The van der Waals surface area contributed by atoms with E-state index in [4.69, 9.17) is 14.2 Å². The second-order valence-corrected chi connectivity index (χ2v) is 7.25. The molecule has 0 spiro atoms. The van der Waals surface area contributed by atoms with Crippen molar-refractivity contribution in [1.82, 2.24) is 4.90 Å². The Hall–Kier alpha value is -2.57. The summed E-state index contributed by atoms with van der Waals surface area (Å²) >= 11 is 0. The van der Waals surface area contributed by atoms with E-state index in [-0.39, 0.29) is 12.0 Å². The summed E-state index contributed by atoms with van der Waals surface area (Å²) in [5, 5.41) is 0. The molecule has 0 aromatic rings. The molecule has 27 heavy (non-hydrogen) atoms. The van der Waals surface area contributed by atoms with E-state index in [1.807, 2.05) is 26.0 Å². The molecule has 2 amide bonds. The van der Waals surface area contributed by atoms with Gasteiger partial charge in [0.05, 0.1) is 17.9 Å². The molecule has 3 atom stereocenters. The molecule has 3 rings (SSSR count). The number of amides is 2. The average Bonchev–Trinajstić information content (AvgIpc) is 3.22. The molecule has 0 radical (unpaired) electrons. The van der Waals surface area contributed by atoms with Crippen LogP contribution >= 0.6 is 0 Å². The van der Waals surface area contributed by atoms with Gasteiger partial charge in [-0.1, -0.05) is 26.0 Å². The van der Waals surface area contributed by atoms with Crippen molar-refractivity contribution in [2.75, 3.05) is 0 Å². The Labute approximate surface area is 159 Å². The van der Waals surface area contributed by atoms with E-state index in [0.29, 0.717) is 17.6 Å². The van der Waals surface area contributed by atoms with E-state index in [9.17, 15) is 14.4 Å². The zero-order chi connectivity index (χ0) is 20.4. The molecule has 2 aliphatic heterocycles. The van der Waals surface area contributed by atoms with Crippen LogP contribution in [-0.2, 0) is 23.8 Å². The third kappa shape index (κ3) is 4.40. The third-order valence-electron chi connectivity index (χ3n) is 4.15. The molecule has 7 nitrogen and oxygen atoms in total. The molecule has 1 saturated heterocycles. The van der Waals surface area contributed by atoms with Crippen molar-refractivity contribution in [3.8, 4) is 0 Å². The van der Waals surface area contributed by atoms with Gasteiger partial charge in [-0.3, -0.25) is 4.79 Å². The summed E-state index contributed by atoms with van der Waals surface area (Å²) < 4.78 is 15.8. The number of allylic oxidation sites excluding steroid dienone is 1. The van der Waals surface area contributed by atoms with Crippen molar-refractivity contribution < 1.29 is 28.6 Å². The highest BCUT2D eigenvalue weighted by Gasteiger charge is 2.49. The zero-order valence-corrected chi connectivity index (χ0v) is 16.6. The lowest BCUT2D eigenvalue weighted by atomic mass is 9.98. The smallest absolute Gasteiger partial charge is 0.417 e. The number of hydrogen-bond donors (Lipinski definition) is 0. The number of carbonyl (C=O) groups excluding carboxylic acids is 3. The lowest BCUT2D eigenvalue weighted by molar-refractivity contribution is -0.152. The number of rotatable bonds is 2. The first-order chi connectivity index (χ1) is 12.7. The van der Waals surface area contributed by atoms with Crippen LogP contribution in [0.4, 0.5) is 4.79 Å². The molecule has 0 N–H and O–H groups in total. The van der Waals surface area contributed by atoms with Crippen molar-refractivity contribution in [1.29, 1.82) is 0 Å². The highest BCUT2D eigenvalue weighted by Crippen LogP contribution is 2.39. The molecule has 0 aromatic carbocycles. The van der Waals surface area contributed by atoms with Gasteiger partial charge >= 0.3 is 12.1 Å². The summed E-state index contributed by atoms with van der Waals surface area (Å²) in [5.74, 6) is -1.07. The molecule has 0 bridgehead atoms. The van der Waals surface area contributed by atoms with E-state index in [1.165, 1.54) is 12.3 Å². The summed E-state index contributed by atoms with van der Waals surface area (Å²) in [4.78, 5) is 37.6. The van der Waals surface area contributed by atoms with Crippen LogP contribution in [0.3, 0.4) is 0 Å². The molecule has 1 aliphatic carbocycles. The van der Waals surface area contributed by atoms with Crippen molar-refractivity contribution in [2.24, 2.45) is 5.92 Å². The van der Waals surface area contributed by atoms with Crippen LogP contribution in [-0.4, -0.2) is 40.8 Å². The number of cyclic esters (lactones) is 1. The topological polar surface area (TPSA) is 82.1 Å². The quantitative estimate of drug-likeness (QED) is 0.317. The number of fused-ring (bicyclic) bond motifs is 1. The Bertz CT molecular complexity index is 712. The summed E-state index contributed by atoms with van der Waals surface area (Å²) in [7, 11) is 0. The van der Waals surface area contributed by atoms with Crippen molar-refractivity contribution >= 4 is 18.0 Å². The fraction of sp³-hybridized carbons (Fsp3) is 0.550. The van der Waals surface area contributed by atoms with E-state index in [1.54, 1.807) is 27.7 Å². The van der Waals surface area contributed by atoms with Crippen molar-refractivity contribution in [3.05, 3.63) is 35.6 Å². The lowest BCUT2D eigenvalue weighted by Gasteiger charge is -2.25. The summed E-state index contributed by atoms with van der Waals surface area (Å²) in [6.45, 7) is 10.9. The SMILES string of the molecule is CC.CC1=CC(O/C=C2/C(=O)N(C(=O)OC(C)(C)C)C3C=CCC23)OC1=O. The Morgan fingerprint density at radius 3 is 2.52 bits per heavy atom. The number of esters is 1. The molecule has 3 unspecified atom stereocenters. The van der Waals surface area contributed by atoms with Gasteiger partial charge in [-0.2, -0.15) is 0 Å². The lowest BCUT2D eigenvalue weighted by Crippen LogP contribution is -2.42. The molecule has 2 heterocycles. The van der Waals surface area contributed by atoms with Crippen molar-refractivity contribution in [3.63, 3.8) is 0 Å². The third-order valence-corrected chi connectivity index (χ3v) is 4.15. The molecule has 1 fully saturated rings. The molecule has 0 aromatic heterocycles. The molecular weight excluding hydrogens is 350 g/mol. The fourth-order valence-corrected chi connectivity index (χ4v) is 3.01. The van der Waals surface area contributed by atoms with E-state index in [2.05, 4.69) is 0 Å². The number of likely N-dealkylation sites (tertiary alicyclic amines) is 1. The minimum Gasteiger partial charge on any atom is -0.458 e. The highest BCUT2D eigenvalue weighted by atomic mass is 16.7. The van der Waals surface area contributed by atoms with Crippen LogP contribution in [0.1, 0.15) is 48.0 Å². The van der Waals surface area contributed by atoms with Crippen LogP contribution < -0.4 is 0 Å². The van der Waals surface area contributed by atoms with E-state index >= 15 is 0 Å². The normalized spacial score (nSPS) is 27.8. The second-order valence-electron chi connectivity index (χ2n) is 7.25. The summed E-state index contributed by atoms with van der Waals surface area (Å²) in [6.07, 6.45) is 5.69. The Morgan fingerprint density at radius 1 is 1.30 bits per heavy atom. The van der Waals surface area contributed by atoms with Crippen molar-refractivity contribution in [2.45, 2.75) is 65.9 Å². The maximum Gasteiger partial charge on any atom is 0.417 e. The Morgan fingerprint density at radius 2 is 1.96 bits per heavy atom. The molecule has 3 aliphatic rings. The predicted molar refractivity (Wildman–Crippen MR) is 98.3 cm³/mol. The standard InChI is InChI=1S/C18H21NO6.C2H6/c1-10-8-14(24-16(10)21)23-9-12-11-6-5-7-13(11)19(15(12)20)17(22)25-18(2,3)4;1-2/h5,7-9,11,13-14H,6H2,1-4H3;1-2H3/b12-9+;. The van der Waals surface area contributed by atoms with Gasteiger partial charge in [0.2, 0.25) is 0 Å². The van der Waals surface area contributed by atoms with Crippen LogP contribution in [0.25, 0.3) is 0 Å². The largest absolute Gasteiger partial charge is 0.458 e. The van der Waals surface area contributed by atoms with Gasteiger partial charge < -0.3 is 14.2 Å². The maximum absolute atomic E-state index is 12.7. The van der Waals surface area contributed by atoms with Gasteiger partial charge in [-0.05, 0) is 34.1 Å². The zero-order valence-electron chi connectivity index (χ0n) is 16.6. The number of imide groups is 1. The number of nitrogens with zero attached hydrogens (tertiary/aromatic N) is 1. The average molecular weight is 377 g/mol. The second kappa shape index (κ2) is 7.98. The molecule has 7 heteroatoms. The molecular formula is C20H27NO6. The van der Waals surface area contributed by atoms with Crippen LogP contribution in [0.15, 0.2) is 35.6 Å². The predicted octanol–water partition coefficient (Wildman–Crippen LogP) is 3.46. The van der Waals surface area contributed by atoms with Crippen LogP contribution in [0.5, 0.6) is 0 Å². The Kier molecular flexibility index (Phi) is 6.13. The highest BCUT2D eigenvalue weighted by molar-refractivity contribution is 6.06. The van der Waals surface area contributed by atoms with Gasteiger partial charge in [0.25, 0.3) is 12.2 Å². The molecule has 0 saturated carbocycles. The number of hydrogen-bond acceptors (Lipinski definition) is 6. The molecule has 148 valence electrons. The van der Waals surface area contributed by atoms with Gasteiger partial charge in [-0.25, -0.2) is 14.5 Å². The fourth-order valence-electron chi connectivity index (χ4n) is 3.01. The minimum absolute atomic E-state index is 0.179. The van der Waals surface area contributed by atoms with Gasteiger partial charge in [0, 0.05) is 17.6 Å². The first kappa shape index (κ1) is 20.7. The minimum atomic E-state index is -0.851. The van der Waals surface area contributed by atoms with Crippen LogP contribution in [0.2, 0.25) is 0 Å². The number of ether oxygens (including phenoxy) is 3. The first-order valence-electron chi connectivity index (χ1n) is 9.15. The van der Waals surface area contributed by atoms with E-state index in [0.717, 1.165) is 4.90 Å². The summed E-state index contributed by atoms with van der Waals surface area (Å²) in [5.41, 5.74) is 0.130. The number of carbonyl (C=O) groups is 3. The monoisotopic (exact) mass is 377 g/mol. The van der Waals surface area contributed by atoms with Gasteiger partial charge in [0.15, 0.2) is 0 Å². The maximum atomic E-state index is 12.7. The Balaban J connectivity index is 0.00000126. The van der Waals surface area contributed by atoms with Gasteiger partial charge in [-0.15, -0.1) is 0 Å².